The van der Waals surface area contributed by atoms with E-state index in [0.717, 1.165) is 51.9 Å². The molecule has 0 spiro atoms. The van der Waals surface area contributed by atoms with Crippen LogP contribution in [0.5, 0.6) is 0 Å². The van der Waals surface area contributed by atoms with E-state index >= 15 is 0 Å². The largest absolute Gasteiger partial charge is 0.481 e. The van der Waals surface area contributed by atoms with Gasteiger partial charge in [-0.3, -0.25) is 9.59 Å². The van der Waals surface area contributed by atoms with Gasteiger partial charge in [0.05, 0.1) is 12.0 Å². The number of rotatable bonds is 3. The number of halogens is 1. The molecule has 25 heavy (non-hydrogen) atoms. The van der Waals surface area contributed by atoms with E-state index in [2.05, 4.69) is 26.2 Å². The van der Waals surface area contributed by atoms with Crippen molar-refractivity contribution in [1.82, 2.24) is 4.98 Å². The fourth-order valence-electron chi connectivity index (χ4n) is 3.75. The quantitative estimate of drug-likeness (QED) is 0.676. The van der Waals surface area contributed by atoms with Crippen LogP contribution in [0.2, 0.25) is 0 Å². The molecule has 0 saturated heterocycles. The van der Waals surface area contributed by atoms with E-state index in [4.69, 9.17) is 5.11 Å². The number of nitrogens with one attached hydrogen (secondary N) is 2. The van der Waals surface area contributed by atoms with Crippen LogP contribution >= 0.6 is 15.9 Å². The zero-order valence-electron chi connectivity index (χ0n) is 13.4. The van der Waals surface area contributed by atoms with E-state index in [0.29, 0.717) is 5.57 Å². The van der Waals surface area contributed by atoms with Crippen molar-refractivity contribution in [2.45, 2.75) is 31.6 Å². The molecule has 4 rings (SSSR count). The number of carbonyl (C=O) groups excluding carboxylic acids is 1. The molecule has 0 radical (unpaired) electrons. The van der Waals surface area contributed by atoms with Crippen molar-refractivity contribution >= 4 is 45.1 Å². The standard InChI is InChI=1S/C19H17BrN2O3/c20-11-4-5-17-14(7-11)15(19(25)22-17)9-12-8-13-10(6-18(23)24)2-1-3-16(13)21-12/h4-5,7-10,21H,1-3,6H2,(H,22,25)(H,23,24). The second kappa shape index (κ2) is 6.19. The topological polar surface area (TPSA) is 82.2 Å². The van der Waals surface area contributed by atoms with Crippen molar-refractivity contribution in [3.63, 3.8) is 0 Å². The third-order valence-corrected chi connectivity index (χ3v) is 5.35. The summed E-state index contributed by atoms with van der Waals surface area (Å²) in [5.41, 5.74) is 5.31. The number of fused-ring (bicyclic) bond motifs is 2. The smallest absolute Gasteiger partial charge is 0.303 e. The van der Waals surface area contributed by atoms with Crippen LogP contribution in [0.3, 0.4) is 0 Å². The molecule has 0 fully saturated rings. The van der Waals surface area contributed by atoms with Crippen molar-refractivity contribution in [2.24, 2.45) is 0 Å². The van der Waals surface area contributed by atoms with Crippen LogP contribution in [-0.4, -0.2) is 22.0 Å². The van der Waals surface area contributed by atoms with Gasteiger partial charge in [0.1, 0.15) is 0 Å². The molecule has 0 bridgehead atoms. The lowest BCUT2D eigenvalue weighted by Crippen LogP contribution is -2.12. The SMILES string of the molecule is O=C(O)CC1CCCc2[nH]c(C=C3C(=O)Nc4ccc(Br)cc43)cc21. The van der Waals surface area contributed by atoms with Gasteiger partial charge < -0.3 is 15.4 Å². The number of aliphatic carboxylic acids is 1. The molecule has 2 heterocycles. The molecule has 128 valence electrons. The minimum absolute atomic E-state index is 0.0449. The van der Waals surface area contributed by atoms with E-state index in [-0.39, 0.29) is 18.2 Å². The summed E-state index contributed by atoms with van der Waals surface area (Å²) < 4.78 is 0.918. The highest BCUT2D eigenvalue weighted by Gasteiger charge is 2.27. The third-order valence-electron chi connectivity index (χ3n) is 4.86. The first-order valence-electron chi connectivity index (χ1n) is 8.28. The van der Waals surface area contributed by atoms with E-state index in [1.54, 1.807) is 0 Å². The van der Waals surface area contributed by atoms with E-state index in [1.807, 2.05) is 30.3 Å². The van der Waals surface area contributed by atoms with Gasteiger partial charge in [0.25, 0.3) is 5.91 Å². The zero-order valence-corrected chi connectivity index (χ0v) is 15.0. The van der Waals surface area contributed by atoms with Crippen molar-refractivity contribution in [1.29, 1.82) is 0 Å². The lowest BCUT2D eigenvalue weighted by Gasteiger charge is -2.20. The first-order chi connectivity index (χ1) is 12.0. The van der Waals surface area contributed by atoms with Gasteiger partial charge in [0, 0.05) is 27.1 Å². The second-order valence-electron chi connectivity index (χ2n) is 6.55. The molecule has 1 aromatic heterocycles. The Kier molecular flexibility index (Phi) is 4.00. The number of H-pyrrole nitrogens is 1. The van der Waals surface area contributed by atoms with Gasteiger partial charge in [0.15, 0.2) is 0 Å². The number of aromatic amines is 1. The Balaban J connectivity index is 1.72. The van der Waals surface area contributed by atoms with Gasteiger partial charge in [-0.15, -0.1) is 0 Å². The number of benzene rings is 1. The molecule has 1 aliphatic carbocycles. The number of hydrogen-bond donors (Lipinski definition) is 3. The van der Waals surface area contributed by atoms with Crippen LogP contribution in [-0.2, 0) is 16.0 Å². The summed E-state index contributed by atoms with van der Waals surface area (Å²) in [4.78, 5) is 26.8. The third kappa shape index (κ3) is 3.02. The highest BCUT2D eigenvalue weighted by molar-refractivity contribution is 9.10. The van der Waals surface area contributed by atoms with Crippen LogP contribution in [0, 0.1) is 0 Å². The Morgan fingerprint density at radius 3 is 3.00 bits per heavy atom. The zero-order chi connectivity index (χ0) is 17.6. The molecule has 1 atom stereocenters. The normalized spacial score (nSPS) is 20.3. The number of carboxylic acid groups (broad SMARTS) is 1. The Labute approximate surface area is 153 Å². The lowest BCUT2D eigenvalue weighted by atomic mass is 9.85. The van der Waals surface area contributed by atoms with E-state index in [9.17, 15) is 9.59 Å². The maximum Gasteiger partial charge on any atom is 0.303 e. The summed E-state index contributed by atoms with van der Waals surface area (Å²) in [6.07, 6.45) is 4.80. The molecule has 1 aromatic carbocycles. The van der Waals surface area contributed by atoms with E-state index < -0.39 is 5.97 Å². The number of aryl methyl sites for hydroxylation is 1. The van der Waals surface area contributed by atoms with Gasteiger partial charge in [-0.05, 0) is 61.1 Å². The highest BCUT2D eigenvalue weighted by Crippen LogP contribution is 2.37. The molecule has 2 aromatic rings. The minimum Gasteiger partial charge on any atom is -0.481 e. The maximum atomic E-state index is 12.3. The first kappa shape index (κ1) is 16.1. The number of anilines is 1. The molecular weight excluding hydrogens is 384 g/mol. The minimum atomic E-state index is -0.770. The van der Waals surface area contributed by atoms with Crippen molar-refractivity contribution in [3.8, 4) is 0 Å². The second-order valence-corrected chi connectivity index (χ2v) is 7.46. The van der Waals surface area contributed by atoms with Gasteiger partial charge in [-0.25, -0.2) is 0 Å². The number of amides is 1. The summed E-state index contributed by atoms with van der Waals surface area (Å²) in [6.45, 7) is 0. The van der Waals surface area contributed by atoms with Gasteiger partial charge >= 0.3 is 5.97 Å². The summed E-state index contributed by atoms with van der Waals surface area (Å²) >= 11 is 3.45. The summed E-state index contributed by atoms with van der Waals surface area (Å²) in [7, 11) is 0. The van der Waals surface area contributed by atoms with Gasteiger partial charge in [-0.2, -0.15) is 0 Å². The molecule has 3 N–H and O–H groups in total. The van der Waals surface area contributed by atoms with Gasteiger partial charge in [-0.1, -0.05) is 15.9 Å². The molecule has 2 aliphatic rings. The fraction of sp³-hybridized carbons (Fsp3) is 0.263. The van der Waals surface area contributed by atoms with Crippen molar-refractivity contribution < 1.29 is 14.7 Å². The van der Waals surface area contributed by atoms with E-state index in [1.165, 1.54) is 0 Å². The van der Waals surface area contributed by atoms with Crippen LogP contribution < -0.4 is 5.32 Å². The van der Waals surface area contributed by atoms with Crippen LogP contribution in [0.1, 0.15) is 47.7 Å². The molecule has 0 saturated carbocycles. The molecule has 1 aliphatic heterocycles. The van der Waals surface area contributed by atoms with Crippen molar-refractivity contribution in [3.05, 3.63) is 51.3 Å². The summed E-state index contributed by atoms with van der Waals surface area (Å²) in [5, 5.41) is 12.0. The van der Waals surface area contributed by atoms with Crippen molar-refractivity contribution in [2.75, 3.05) is 5.32 Å². The summed E-state index contributed by atoms with van der Waals surface area (Å²) in [6, 6.07) is 7.69. The molecule has 6 heteroatoms. The Hall–Kier alpha value is -2.34. The molecule has 1 amide bonds. The van der Waals surface area contributed by atoms with Crippen LogP contribution in [0.25, 0.3) is 11.6 Å². The first-order valence-corrected chi connectivity index (χ1v) is 9.07. The highest BCUT2D eigenvalue weighted by atomic mass is 79.9. The molecular formula is C19H17BrN2O3. The number of carbonyl (C=O) groups is 2. The predicted octanol–water partition coefficient (Wildman–Crippen LogP) is 4.16. The Bertz CT molecular complexity index is 913. The number of carboxylic acids is 1. The average Bonchev–Trinajstić information content (AvgIpc) is 3.10. The number of aromatic nitrogens is 1. The fourth-order valence-corrected chi connectivity index (χ4v) is 4.11. The van der Waals surface area contributed by atoms with Crippen LogP contribution in [0.15, 0.2) is 28.7 Å². The van der Waals surface area contributed by atoms with Gasteiger partial charge in [0.2, 0.25) is 0 Å². The molecule has 1 unspecified atom stereocenters. The number of hydrogen-bond acceptors (Lipinski definition) is 2. The Morgan fingerprint density at radius 2 is 2.20 bits per heavy atom. The molecule has 5 nitrogen and oxygen atoms in total. The summed E-state index contributed by atoms with van der Waals surface area (Å²) in [5.74, 6) is -0.848. The lowest BCUT2D eigenvalue weighted by molar-refractivity contribution is -0.137. The predicted molar refractivity (Wildman–Crippen MR) is 99.4 cm³/mol. The van der Waals surface area contributed by atoms with Crippen LogP contribution in [0.4, 0.5) is 5.69 Å². The average molecular weight is 401 g/mol. The maximum absolute atomic E-state index is 12.3. The monoisotopic (exact) mass is 400 g/mol. The Morgan fingerprint density at radius 1 is 1.36 bits per heavy atom.